The van der Waals surface area contributed by atoms with Crippen LogP contribution in [0.25, 0.3) is 0 Å². The molecule has 0 saturated heterocycles. The van der Waals surface area contributed by atoms with Crippen molar-refractivity contribution in [3.63, 3.8) is 0 Å². The highest BCUT2D eigenvalue weighted by atomic mass is 35.5. The maximum atomic E-state index is 11.3. The highest BCUT2D eigenvalue weighted by Crippen LogP contribution is 2.28. The van der Waals surface area contributed by atoms with Gasteiger partial charge in [0.05, 0.1) is 11.1 Å². The molecule has 5 heteroatoms. The lowest BCUT2D eigenvalue weighted by Gasteiger charge is -2.12. The summed E-state index contributed by atoms with van der Waals surface area (Å²) < 4.78 is 5.49. The molecule has 0 fully saturated rings. The Hall–Kier alpha value is -0.930. The fourth-order valence-electron chi connectivity index (χ4n) is 1.24. The number of carbonyl (C=O) groups excluding carboxylic acids is 1. The number of hydrogen-bond acceptors (Lipinski definition) is 2. The Kier molecular flexibility index (Phi) is 5.59. The molecule has 0 aromatic heterocycles. The van der Waals surface area contributed by atoms with Crippen molar-refractivity contribution in [3.8, 4) is 5.75 Å². The van der Waals surface area contributed by atoms with E-state index in [0.717, 1.165) is 0 Å². The molecule has 0 radical (unpaired) electrons. The lowest BCUT2D eigenvalue weighted by molar-refractivity contribution is -0.115. The second-order valence-electron chi connectivity index (χ2n) is 3.80. The quantitative estimate of drug-likeness (QED) is 0.833. The average molecular weight is 276 g/mol. The summed E-state index contributed by atoms with van der Waals surface area (Å²) in [7, 11) is 0. The topological polar surface area (TPSA) is 38.3 Å². The standard InChI is InChI=1S/C12H15Cl2NO2/c1-8(2)17-11-4-3-9(7-10(11)14)15-12(16)5-6-13/h3-4,7-8H,5-6H2,1-2H3,(H,15,16). The van der Waals surface area contributed by atoms with E-state index < -0.39 is 0 Å². The fraction of sp³-hybridized carbons (Fsp3) is 0.417. The van der Waals surface area contributed by atoms with Crippen molar-refractivity contribution >= 4 is 34.8 Å². The molecule has 1 aromatic rings. The number of carbonyl (C=O) groups is 1. The zero-order valence-corrected chi connectivity index (χ0v) is 11.3. The Morgan fingerprint density at radius 2 is 2.18 bits per heavy atom. The minimum atomic E-state index is -0.131. The first-order valence-corrected chi connectivity index (χ1v) is 6.26. The van der Waals surface area contributed by atoms with E-state index in [9.17, 15) is 4.79 Å². The Morgan fingerprint density at radius 3 is 2.71 bits per heavy atom. The second kappa shape index (κ2) is 6.72. The monoisotopic (exact) mass is 275 g/mol. The maximum Gasteiger partial charge on any atom is 0.225 e. The molecule has 3 nitrogen and oxygen atoms in total. The van der Waals surface area contributed by atoms with Crippen LogP contribution < -0.4 is 10.1 Å². The number of ether oxygens (including phenoxy) is 1. The molecule has 0 spiro atoms. The van der Waals surface area contributed by atoms with Gasteiger partial charge in [-0.15, -0.1) is 11.6 Å². The highest BCUT2D eigenvalue weighted by Gasteiger charge is 2.07. The molecular formula is C12H15Cl2NO2. The Labute approximate surface area is 111 Å². The molecule has 1 amide bonds. The molecule has 0 unspecified atom stereocenters. The fourth-order valence-corrected chi connectivity index (χ4v) is 1.63. The number of rotatable bonds is 5. The van der Waals surface area contributed by atoms with Gasteiger partial charge < -0.3 is 10.1 Å². The van der Waals surface area contributed by atoms with E-state index in [0.29, 0.717) is 22.3 Å². The molecule has 0 atom stereocenters. The summed E-state index contributed by atoms with van der Waals surface area (Å²) in [6.45, 7) is 3.85. The molecule has 1 aromatic carbocycles. The third kappa shape index (κ3) is 4.84. The van der Waals surface area contributed by atoms with E-state index in [-0.39, 0.29) is 18.4 Å². The highest BCUT2D eigenvalue weighted by molar-refractivity contribution is 6.32. The minimum Gasteiger partial charge on any atom is -0.489 e. The number of nitrogens with one attached hydrogen (secondary N) is 1. The largest absolute Gasteiger partial charge is 0.489 e. The van der Waals surface area contributed by atoms with Crippen LogP contribution in [-0.4, -0.2) is 17.9 Å². The van der Waals surface area contributed by atoms with E-state index in [4.69, 9.17) is 27.9 Å². The van der Waals surface area contributed by atoms with Gasteiger partial charge in [-0.2, -0.15) is 0 Å². The third-order valence-corrected chi connectivity index (χ3v) is 2.38. The summed E-state index contributed by atoms with van der Waals surface area (Å²) >= 11 is 11.5. The summed E-state index contributed by atoms with van der Waals surface area (Å²) in [5.41, 5.74) is 0.640. The van der Waals surface area contributed by atoms with Crippen LogP contribution in [0, 0.1) is 0 Å². The van der Waals surface area contributed by atoms with Gasteiger partial charge in [0.2, 0.25) is 5.91 Å². The average Bonchev–Trinajstić information content (AvgIpc) is 2.22. The van der Waals surface area contributed by atoms with Crippen LogP contribution in [0.1, 0.15) is 20.3 Å². The van der Waals surface area contributed by atoms with Crippen LogP contribution in [0.2, 0.25) is 5.02 Å². The van der Waals surface area contributed by atoms with E-state index >= 15 is 0 Å². The van der Waals surface area contributed by atoms with E-state index in [2.05, 4.69) is 5.32 Å². The van der Waals surface area contributed by atoms with Crippen molar-refractivity contribution < 1.29 is 9.53 Å². The summed E-state index contributed by atoms with van der Waals surface area (Å²) in [6, 6.07) is 5.14. The summed E-state index contributed by atoms with van der Waals surface area (Å²) in [4.78, 5) is 11.3. The van der Waals surface area contributed by atoms with Gasteiger partial charge >= 0.3 is 0 Å². The predicted octanol–water partition coefficient (Wildman–Crippen LogP) is 3.69. The molecule has 0 heterocycles. The SMILES string of the molecule is CC(C)Oc1ccc(NC(=O)CCCl)cc1Cl. The summed E-state index contributed by atoms with van der Waals surface area (Å²) in [6.07, 6.45) is 0.341. The Morgan fingerprint density at radius 1 is 1.47 bits per heavy atom. The minimum absolute atomic E-state index is 0.0594. The van der Waals surface area contributed by atoms with Crippen LogP contribution >= 0.6 is 23.2 Å². The van der Waals surface area contributed by atoms with Crippen LogP contribution in [0.3, 0.4) is 0 Å². The van der Waals surface area contributed by atoms with Crippen LogP contribution in [0.15, 0.2) is 18.2 Å². The Balaban J connectivity index is 2.71. The molecule has 0 bridgehead atoms. The van der Waals surface area contributed by atoms with Crippen LogP contribution in [0.4, 0.5) is 5.69 Å². The van der Waals surface area contributed by atoms with Crippen LogP contribution in [0.5, 0.6) is 5.75 Å². The number of hydrogen-bond donors (Lipinski definition) is 1. The number of amides is 1. The Bertz CT molecular complexity index is 394. The molecule has 17 heavy (non-hydrogen) atoms. The number of anilines is 1. The lowest BCUT2D eigenvalue weighted by Crippen LogP contribution is -2.12. The first-order valence-electron chi connectivity index (χ1n) is 5.35. The second-order valence-corrected chi connectivity index (χ2v) is 4.58. The smallest absolute Gasteiger partial charge is 0.225 e. The molecule has 0 aliphatic carbocycles. The van der Waals surface area contributed by atoms with Crippen molar-refractivity contribution in [1.29, 1.82) is 0 Å². The number of alkyl halides is 1. The van der Waals surface area contributed by atoms with Gasteiger partial charge in [-0.1, -0.05) is 11.6 Å². The zero-order valence-electron chi connectivity index (χ0n) is 9.80. The van der Waals surface area contributed by atoms with Crippen LogP contribution in [-0.2, 0) is 4.79 Å². The molecule has 0 aliphatic rings. The van der Waals surface area contributed by atoms with Gasteiger partial charge in [0.25, 0.3) is 0 Å². The maximum absolute atomic E-state index is 11.3. The number of halogens is 2. The molecule has 1 rings (SSSR count). The van der Waals surface area contributed by atoms with Gasteiger partial charge in [-0.05, 0) is 32.0 Å². The molecule has 0 aliphatic heterocycles. The van der Waals surface area contributed by atoms with Gasteiger partial charge in [-0.25, -0.2) is 0 Å². The van der Waals surface area contributed by atoms with Gasteiger partial charge in [-0.3, -0.25) is 4.79 Å². The predicted molar refractivity (Wildman–Crippen MR) is 71.2 cm³/mol. The first-order chi connectivity index (χ1) is 8.02. The van der Waals surface area contributed by atoms with Crippen molar-refractivity contribution in [2.45, 2.75) is 26.4 Å². The van der Waals surface area contributed by atoms with Gasteiger partial charge in [0, 0.05) is 18.0 Å². The lowest BCUT2D eigenvalue weighted by atomic mass is 10.3. The van der Waals surface area contributed by atoms with Crippen molar-refractivity contribution in [2.24, 2.45) is 0 Å². The van der Waals surface area contributed by atoms with E-state index in [1.165, 1.54) is 0 Å². The normalized spacial score (nSPS) is 10.4. The van der Waals surface area contributed by atoms with E-state index in [1.54, 1.807) is 18.2 Å². The first kappa shape index (κ1) is 14.1. The van der Waals surface area contributed by atoms with Crippen molar-refractivity contribution in [3.05, 3.63) is 23.2 Å². The molecular weight excluding hydrogens is 261 g/mol. The van der Waals surface area contributed by atoms with Crippen molar-refractivity contribution in [1.82, 2.24) is 0 Å². The zero-order chi connectivity index (χ0) is 12.8. The third-order valence-electron chi connectivity index (χ3n) is 1.90. The number of benzene rings is 1. The van der Waals surface area contributed by atoms with E-state index in [1.807, 2.05) is 13.8 Å². The molecule has 94 valence electrons. The van der Waals surface area contributed by atoms with Gasteiger partial charge in [0.1, 0.15) is 5.75 Å². The molecule has 1 N–H and O–H groups in total. The summed E-state index contributed by atoms with van der Waals surface area (Å²) in [5, 5.41) is 3.18. The van der Waals surface area contributed by atoms with Crippen molar-refractivity contribution in [2.75, 3.05) is 11.2 Å². The summed E-state index contributed by atoms with van der Waals surface area (Å²) in [5.74, 6) is 0.777. The van der Waals surface area contributed by atoms with Gasteiger partial charge in [0.15, 0.2) is 0 Å². The molecule has 0 saturated carbocycles.